The van der Waals surface area contributed by atoms with Gasteiger partial charge in [-0.15, -0.1) is 0 Å². The van der Waals surface area contributed by atoms with Crippen LogP contribution < -0.4 is 10.7 Å². The largest absolute Gasteiger partial charge is 0.331 e. The van der Waals surface area contributed by atoms with Crippen LogP contribution in [0.25, 0.3) is 0 Å². The first-order chi connectivity index (χ1) is 11.0. The lowest BCUT2D eigenvalue weighted by atomic mass is 10.1. The molecule has 0 amide bonds. The van der Waals surface area contributed by atoms with Crippen LogP contribution in [0.2, 0.25) is 0 Å². The number of nitrogens with zero attached hydrogens (tertiary/aromatic N) is 2. The van der Waals surface area contributed by atoms with E-state index in [2.05, 4.69) is 21.9 Å². The molecule has 0 aliphatic rings. The van der Waals surface area contributed by atoms with Crippen molar-refractivity contribution in [2.24, 2.45) is 5.10 Å². The number of benzene rings is 2. The summed E-state index contributed by atoms with van der Waals surface area (Å²) < 4.78 is 0. The molecule has 0 aliphatic carbocycles. The van der Waals surface area contributed by atoms with Gasteiger partial charge in [0, 0.05) is 17.8 Å². The minimum Gasteiger partial charge on any atom is -0.331 e. The molecule has 0 aromatic heterocycles. The summed E-state index contributed by atoms with van der Waals surface area (Å²) in [5.74, 6) is 0. The minimum atomic E-state index is -0.442. The van der Waals surface area contributed by atoms with Gasteiger partial charge in [0.1, 0.15) is 0 Å². The van der Waals surface area contributed by atoms with Gasteiger partial charge in [-0.25, -0.2) is 0 Å². The van der Waals surface area contributed by atoms with Crippen LogP contribution >= 0.6 is 12.2 Å². The standard InChI is InChI=1S/C16H16N4O2S/c1-11-3-8-15(12(2)9-11)18-16(23)19-17-10-13-4-6-14(7-5-13)20(21)22/h3-10H,1-2H3,(H2,18,19,23). The van der Waals surface area contributed by atoms with Crippen LogP contribution in [0, 0.1) is 24.0 Å². The van der Waals surface area contributed by atoms with Crippen LogP contribution in [0.3, 0.4) is 0 Å². The Labute approximate surface area is 139 Å². The van der Waals surface area contributed by atoms with Gasteiger partial charge in [-0.1, -0.05) is 17.7 Å². The third-order valence-electron chi connectivity index (χ3n) is 3.11. The second-order valence-corrected chi connectivity index (χ2v) is 5.40. The number of hydrogen-bond donors (Lipinski definition) is 2. The van der Waals surface area contributed by atoms with Gasteiger partial charge in [0.25, 0.3) is 5.69 Å². The quantitative estimate of drug-likeness (QED) is 0.388. The van der Waals surface area contributed by atoms with E-state index in [9.17, 15) is 10.1 Å². The highest BCUT2D eigenvalue weighted by Gasteiger charge is 2.03. The fourth-order valence-corrected chi connectivity index (χ4v) is 2.11. The average Bonchev–Trinajstić information content (AvgIpc) is 2.50. The van der Waals surface area contributed by atoms with Crippen molar-refractivity contribution in [2.45, 2.75) is 13.8 Å². The Balaban J connectivity index is 1.92. The fourth-order valence-electron chi connectivity index (χ4n) is 1.95. The van der Waals surface area contributed by atoms with Crippen LogP contribution in [0.4, 0.5) is 11.4 Å². The van der Waals surface area contributed by atoms with E-state index in [0.29, 0.717) is 5.11 Å². The molecule has 2 aromatic carbocycles. The average molecular weight is 328 g/mol. The van der Waals surface area contributed by atoms with Gasteiger partial charge in [0.15, 0.2) is 5.11 Å². The highest BCUT2D eigenvalue weighted by Crippen LogP contribution is 2.15. The van der Waals surface area contributed by atoms with Gasteiger partial charge >= 0.3 is 0 Å². The SMILES string of the molecule is Cc1ccc(NC(=S)NN=Cc2ccc([N+](=O)[O-])cc2)c(C)c1. The zero-order valence-electron chi connectivity index (χ0n) is 12.7. The molecule has 0 aliphatic heterocycles. The molecule has 0 saturated carbocycles. The summed E-state index contributed by atoms with van der Waals surface area (Å²) in [5.41, 5.74) is 6.68. The first kappa shape index (κ1) is 16.6. The van der Waals surface area contributed by atoms with Crippen LogP contribution in [-0.2, 0) is 0 Å². The molecule has 0 radical (unpaired) electrons. The van der Waals surface area contributed by atoms with Crippen LogP contribution in [0.5, 0.6) is 0 Å². The molecule has 2 rings (SSSR count). The molecular formula is C16H16N4O2S. The summed E-state index contributed by atoms with van der Waals surface area (Å²) in [5, 5.41) is 18.0. The maximum atomic E-state index is 10.6. The van der Waals surface area contributed by atoms with Gasteiger partial charge in [0.2, 0.25) is 0 Å². The van der Waals surface area contributed by atoms with E-state index < -0.39 is 4.92 Å². The summed E-state index contributed by atoms with van der Waals surface area (Å²) in [7, 11) is 0. The molecule has 6 nitrogen and oxygen atoms in total. The first-order valence-corrected chi connectivity index (χ1v) is 7.28. The Morgan fingerprint density at radius 1 is 1.22 bits per heavy atom. The van der Waals surface area contributed by atoms with Gasteiger partial charge < -0.3 is 5.32 Å². The van der Waals surface area contributed by atoms with Crippen molar-refractivity contribution < 1.29 is 4.92 Å². The molecule has 0 spiro atoms. The number of thiocarbonyl (C=S) groups is 1. The Morgan fingerprint density at radius 2 is 1.91 bits per heavy atom. The number of hydrazone groups is 1. The summed E-state index contributed by atoms with van der Waals surface area (Å²) in [6.07, 6.45) is 1.54. The maximum absolute atomic E-state index is 10.6. The number of anilines is 1. The van der Waals surface area contributed by atoms with E-state index in [1.165, 1.54) is 17.7 Å². The monoisotopic (exact) mass is 328 g/mol. The molecule has 0 fully saturated rings. The zero-order valence-corrected chi connectivity index (χ0v) is 13.6. The molecule has 0 heterocycles. The molecule has 23 heavy (non-hydrogen) atoms. The summed E-state index contributed by atoms with van der Waals surface area (Å²) in [6, 6.07) is 12.1. The maximum Gasteiger partial charge on any atom is 0.269 e. The van der Waals surface area contributed by atoms with Crippen LogP contribution in [-0.4, -0.2) is 16.3 Å². The van der Waals surface area contributed by atoms with Crippen molar-refractivity contribution in [1.29, 1.82) is 0 Å². The van der Waals surface area contributed by atoms with Crippen molar-refractivity contribution >= 4 is 34.9 Å². The molecular weight excluding hydrogens is 312 g/mol. The molecule has 7 heteroatoms. The third-order valence-corrected chi connectivity index (χ3v) is 3.31. The first-order valence-electron chi connectivity index (χ1n) is 6.87. The van der Waals surface area contributed by atoms with Gasteiger partial charge in [0.05, 0.1) is 11.1 Å². The zero-order chi connectivity index (χ0) is 16.8. The van der Waals surface area contributed by atoms with Crippen LogP contribution in [0.15, 0.2) is 47.6 Å². The number of nitro groups is 1. The number of aryl methyl sites for hydroxylation is 2. The molecule has 0 atom stereocenters. The lowest BCUT2D eigenvalue weighted by Gasteiger charge is -2.10. The van der Waals surface area contributed by atoms with Crippen molar-refractivity contribution in [3.8, 4) is 0 Å². The van der Waals surface area contributed by atoms with Gasteiger partial charge in [-0.05, 0) is 55.4 Å². The van der Waals surface area contributed by atoms with Crippen LogP contribution in [0.1, 0.15) is 16.7 Å². The van der Waals surface area contributed by atoms with Crippen molar-refractivity contribution in [3.63, 3.8) is 0 Å². The van der Waals surface area contributed by atoms with E-state index in [1.807, 2.05) is 26.0 Å². The van der Waals surface area contributed by atoms with Crippen molar-refractivity contribution in [3.05, 3.63) is 69.3 Å². The third kappa shape index (κ3) is 4.86. The molecule has 0 bridgehead atoms. The lowest BCUT2D eigenvalue weighted by Crippen LogP contribution is -2.24. The molecule has 118 valence electrons. The Kier molecular flexibility index (Phi) is 5.37. The molecule has 2 aromatic rings. The predicted molar refractivity (Wildman–Crippen MR) is 96.0 cm³/mol. The topological polar surface area (TPSA) is 79.6 Å². The van der Waals surface area contributed by atoms with E-state index in [4.69, 9.17) is 12.2 Å². The van der Waals surface area contributed by atoms with E-state index in [0.717, 1.165) is 16.8 Å². The number of rotatable bonds is 4. The Morgan fingerprint density at radius 3 is 2.52 bits per heavy atom. The number of non-ortho nitro benzene ring substituents is 1. The predicted octanol–water partition coefficient (Wildman–Crippen LogP) is 3.53. The normalized spacial score (nSPS) is 10.5. The lowest BCUT2D eigenvalue weighted by molar-refractivity contribution is -0.384. The second-order valence-electron chi connectivity index (χ2n) is 4.99. The van der Waals surface area contributed by atoms with Gasteiger partial charge in [-0.2, -0.15) is 5.10 Å². The molecule has 2 N–H and O–H groups in total. The number of hydrogen-bond acceptors (Lipinski definition) is 4. The molecule has 0 unspecified atom stereocenters. The Hall–Kier alpha value is -2.80. The van der Waals surface area contributed by atoms with E-state index >= 15 is 0 Å². The van der Waals surface area contributed by atoms with E-state index in [1.54, 1.807) is 18.3 Å². The van der Waals surface area contributed by atoms with E-state index in [-0.39, 0.29) is 5.69 Å². The number of nitrogens with one attached hydrogen (secondary N) is 2. The van der Waals surface area contributed by atoms with Crippen molar-refractivity contribution in [2.75, 3.05) is 5.32 Å². The summed E-state index contributed by atoms with van der Waals surface area (Å²) in [4.78, 5) is 10.1. The minimum absolute atomic E-state index is 0.0437. The fraction of sp³-hybridized carbons (Fsp3) is 0.125. The summed E-state index contributed by atoms with van der Waals surface area (Å²) >= 11 is 5.17. The second kappa shape index (κ2) is 7.46. The smallest absolute Gasteiger partial charge is 0.269 e. The highest BCUT2D eigenvalue weighted by atomic mass is 32.1. The molecule has 0 saturated heterocycles. The number of nitro benzene ring substituents is 1. The van der Waals surface area contributed by atoms with Crippen molar-refractivity contribution in [1.82, 2.24) is 5.43 Å². The summed E-state index contributed by atoms with van der Waals surface area (Å²) in [6.45, 7) is 4.03. The Bertz CT molecular complexity index is 757. The highest BCUT2D eigenvalue weighted by molar-refractivity contribution is 7.80. The van der Waals surface area contributed by atoms with Gasteiger partial charge in [-0.3, -0.25) is 15.5 Å².